The van der Waals surface area contributed by atoms with Crippen LogP contribution in [0.25, 0.3) is 22.0 Å². The van der Waals surface area contributed by atoms with Crippen molar-refractivity contribution in [1.29, 1.82) is 0 Å². The second-order valence-corrected chi connectivity index (χ2v) is 12.2. The maximum atomic E-state index is 12.1. The monoisotopic (exact) mass is 539 g/mol. The molecule has 3 aliphatic rings. The number of pyridine rings is 1. The summed E-state index contributed by atoms with van der Waals surface area (Å²) in [6.07, 6.45) is 4.91. The first-order valence-electron chi connectivity index (χ1n) is 12.7. The summed E-state index contributed by atoms with van der Waals surface area (Å²) in [5.41, 5.74) is 5.64. The summed E-state index contributed by atoms with van der Waals surface area (Å²) in [6.45, 7) is 13.4. The summed E-state index contributed by atoms with van der Waals surface area (Å²) in [5, 5.41) is 6.77. The lowest BCUT2D eigenvalue weighted by Crippen LogP contribution is -2.59. The van der Waals surface area contributed by atoms with Crippen LogP contribution in [0.4, 0.5) is 5.82 Å². The number of halogens is 2. The summed E-state index contributed by atoms with van der Waals surface area (Å²) < 4.78 is 8.14. The maximum absolute atomic E-state index is 12.1. The molecule has 2 aromatic heterocycles. The molecule has 5 heterocycles. The number of benzene rings is 1. The van der Waals surface area contributed by atoms with E-state index in [1.54, 1.807) is 0 Å². The molecule has 2 fully saturated rings. The number of ether oxygens (including phenoxy) is 1. The summed E-state index contributed by atoms with van der Waals surface area (Å²) in [6, 6.07) is 1.96. The number of nitrogens with zero attached hydrogens (tertiary/aromatic N) is 5. The van der Waals surface area contributed by atoms with E-state index in [0.29, 0.717) is 23.1 Å². The van der Waals surface area contributed by atoms with Gasteiger partial charge in [0.25, 0.3) is 0 Å². The molecule has 2 saturated heterocycles. The van der Waals surface area contributed by atoms with Crippen LogP contribution in [-0.2, 0) is 29.6 Å². The molecule has 0 aliphatic carbocycles. The van der Waals surface area contributed by atoms with E-state index >= 15 is 0 Å². The van der Waals surface area contributed by atoms with Gasteiger partial charge in [-0.25, -0.2) is 4.98 Å². The van der Waals surface area contributed by atoms with Crippen molar-refractivity contribution in [2.75, 3.05) is 31.1 Å². The first-order valence-corrected chi connectivity index (χ1v) is 13.4. The summed E-state index contributed by atoms with van der Waals surface area (Å²) in [7, 11) is 1.94. The van der Waals surface area contributed by atoms with E-state index in [4.69, 9.17) is 32.9 Å². The topological polar surface area (TPSA) is 63.5 Å². The van der Waals surface area contributed by atoms with Crippen LogP contribution in [0.3, 0.4) is 0 Å². The van der Waals surface area contributed by atoms with Gasteiger partial charge in [-0.15, -0.1) is 0 Å². The second kappa shape index (κ2) is 8.45. The third-order valence-corrected chi connectivity index (χ3v) is 9.00. The number of fused-ring (bicyclic) bond motifs is 2. The Morgan fingerprint density at radius 1 is 1.22 bits per heavy atom. The van der Waals surface area contributed by atoms with Gasteiger partial charge in [-0.1, -0.05) is 29.8 Å². The minimum absolute atomic E-state index is 0.00448. The molecule has 3 aromatic rings. The standard InChI is InChI=1S/C28H31Cl2N5O2/c1-6-21(36)35-14-28(15-35)7-8-34(13-28)26-24(30)23(18-12-37-27(3,4)10-20(18)32-26)22-16(2)19(29)9-17-11-31-33(5)25(17)22/h6,9,11H,1,7-8,10,12-15H2,2-5H3. The van der Waals surface area contributed by atoms with Gasteiger partial charge in [0.1, 0.15) is 5.82 Å². The third-order valence-electron chi connectivity index (χ3n) is 8.25. The summed E-state index contributed by atoms with van der Waals surface area (Å²) in [5.74, 6) is 0.795. The Morgan fingerprint density at radius 3 is 2.70 bits per heavy atom. The third kappa shape index (κ3) is 3.85. The molecule has 9 heteroatoms. The number of hydrogen-bond donors (Lipinski definition) is 0. The molecule has 194 valence electrons. The molecule has 7 nitrogen and oxygen atoms in total. The zero-order chi connectivity index (χ0) is 26.3. The normalized spacial score (nSPS) is 19.8. The number of carbonyl (C=O) groups excluding carboxylic acids is 1. The quantitative estimate of drug-likeness (QED) is 0.421. The van der Waals surface area contributed by atoms with Gasteiger partial charge in [0.05, 0.1) is 34.6 Å². The lowest BCUT2D eigenvalue weighted by atomic mass is 9.79. The summed E-state index contributed by atoms with van der Waals surface area (Å²) >= 11 is 14.1. The average molecular weight is 540 g/mol. The highest BCUT2D eigenvalue weighted by Crippen LogP contribution is 2.49. The molecule has 3 aliphatic heterocycles. The van der Waals surface area contributed by atoms with Gasteiger partial charge < -0.3 is 14.5 Å². The van der Waals surface area contributed by atoms with Crippen molar-refractivity contribution < 1.29 is 9.53 Å². The van der Waals surface area contributed by atoms with Crippen molar-refractivity contribution in [2.45, 2.75) is 45.8 Å². The molecule has 6 rings (SSSR count). The van der Waals surface area contributed by atoms with Gasteiger partial charge in [0.15, 0.2) is 0 Å². The maximum Gasteiger partial charge on any atom is 0.245 e. The molecule has 0 saturated carbocycles. The SMILES string of the molecule is C=CC(=O)N1CC2(CCN(c3nc4c(c(-c5c(C)c(Cl)cc6cnn(C)c56)c3Cl)COC(C)(C)C4)C2)C1. The predicted molar refractivity (Wildman–Crippen MR) is 147 cm³/mol. The Bertz CT molecular complexity index is 1470. The zero-order valence-corrected chi connectivity index (χ0v) is 23.2. The highest BCUT2D eigenvalue weighted by atomic mass is 35.5. The summed E-state index contributed by atoms with van der Waals surface area (Å²) in [4.78, 5) is 21.4. The van der Waals surface area contributed by atoms with Gasteiger partial charge in [-0.05, 0) is 44.9 Å². The van der Waals surface area contributed by atoms with E-state index < -0.39 is 0 Å². The minimum atomic E-state index is -0.320. The highest BCUT2D eigenvalue weighted by Gasteiger charge is 2.49. The molecule has 0 N–H and O–H groups in total. The lowest BCUT2D eigenvalue weighted by molar-refractivity contribution is -0.136. The van der Waals surface area contributed by atoms with E-state index in [1.165, 1.54) is 6.08 Å². The van der Waals surface area contributed by atoms with Crippen LogP contribution >= 0.6 is 23.2 Å². The van der Waals surface area contributed by atoms with Crippen molar-refractivity contribution in [2.24, 2.45) is 12.5 Å². The van der Waals surface area contributed by atoms with Crippen molar-refractivity contribution >= 4 is 45.8 Å². The van der Waals surface area contributed by atoms with Crippen LogP contribution in [0.2, 0.25) is 10.0 Å². The van der Waals surface area contributed by atoms with Gasteiger partial charge in [-0.3, -0.25) is 9.48 Å². The zero-order valence-electron chi connectivity index (χ0n) is 21.7. The minimum Gasteiger partial charge on any atom is -0.370 e. The molecule has 0 radical (unpaired) electrons. The molecule has 37 heavy (non-hydrogen) atoms. The van der Waals surface area contributed by atoms with Crippen LogP contribution < -0.4 is 4.90 Å². The number of carbonyl (C=O) groups is 1. The van der Waals surface area contributed by atoms with Crippen molar-refractivity contribution in [3.05, 3.63) is 51.8 Å². The number of hydrogen-bond acceptors (Lipinski definition) is 5. The molecule has 1 amide bonds. The average Bonchev–Trinajstić information content (AvgIpc) is 3.43. The Labute approximate surface area is 227 Å². The number of aromatic nitrogens is 3. The fourth-order valence-electron chi connectivity index (χ4n) is 6.26. The number of amides is 1. The van der Waals surface area contributed by atoms with Crippen LogP contribution in [0.15, 0.2) is 24.9 Å². The first kappa shape index (κ1) is 24.7. The Hall–Kier alpha value is -2.61. The first-order chi connectivity index (χ1) is 17.5. The lowest BCUT2D eigenvalue weighted by Gasteiger charge is -2.47. The van der Waals surface area contributed by atoms with E-state index in [1.807, 2.05) is 35.8 Å². The molecular formula is C28H31Cl2N5O2. The number of aryl methyl sites for hydroxylation is 1. The molecule has 0 bridgehead atoms. The molecule has 1 aromatic carbocycles. The van der Waals surface area contributed by atoms with Crippen LogP contribution in [-0.4, -0.2) is 57.4 Å². The van der Waals surface area contributed by atoms with E-state index in [2.05, 4.69) is 30.4 Å². The van der Waals surface area contributed by atoms with Crippen molar-refractivity contribution in [3.8, 4) is 11.1 Å². The predicted octanol–water partition coefficient (Wildman–Crippen LogP) is 5.33. The highest BCUT2D eigenvalue weighted by molar-refractivity contribution is 6.37. The smallest absolute Gasteiger partial charge is 0.245 e. The number of rotatable bonds is 3. The Balaban J connectivity index is 1.50. The van der Waals surface area contributed by atoms with Gasteiger partial charge in [0, 0.05) is 72.2 Å². The Kier molecular flexibility index (Phi) is 5.64. The number of anilines is 1. The van der Waals surface area contributed by atoms with E-state index in [9.17, 15) is 4.79 Å². The largest absolute Gasteiger partial charge is 0.370 e. The van der Waals surface area contributed by atoms with Gasteiger partial charge >= 0.3 is 0 Å². The van der Waals surface area contributed by atoms with Crippen LogP contribution in [0, 0.1) is 12.3 Å². The van der Waals surface area contributed by atoms with Gasteiger partial charge in [-0.2, -0.15) is 5.10 Å². The van der Waals surface area contributed by atoms with Crippen molar-refractivity contribution in [3.63, 3.8) is 0 Å². The molecular weight excluding hydrogens is 509 g/mol. The van der Waals surface area contributed by atoms with Crippen molar-refractivity contribution in [1.82, 2.24) is 19.7 Å². The second-order valence-electron chi connectivity index (χ2n) is 11.4. The molecule has 0 atom stereocenters. The van der Waals surface area contributed by atoms with Crippen LogP contribution in [0.1, 0.15) is 37.1 Å². The van der Waals surface area contributed by atoms with E-state index in [-0.39, 0.29) is 16.9 Å². The van der Waals surface area contributed by atoms with Gasteiger partial charge in [0.2, 0.25) is 5.91 Å². The fourth-order valence-corrected chi connectivity index (χ4v) is 6.85. The van der Waals surface area contributed by atoms with E-state index in [0.717, 1.165) is 77.3 Å². The fraction of sp³-hybridized carbons (Fsp3) is 0.464. The Morgan fingerprint density at radius 2 is 1.97 bits per heavy atom. The molecule has 1 spiro atoms. The molecule has 0 unspecified atom stereocenters. The number of likely N-dealkylation sites (tertiary alicyclic amines) is 1. The van der Waals surface area contributed by atoms with Crippen LogP contribution in [0.5, 0.6) is 0 Å².